The van der Waals surface area contributed by atoms with Gasteiger partial charge in [0.25, 0.3) is 0 Å². The van der Waals surface area contributed by atoms with E-state index in [2.05, 4.69) is 17.1 Å². The van der Waals surface area contributed by atoms with Crippen molar-refractivity contribution in [2.45, 2.75) is 45.1 Å². The monoisotopic (exact) mass is 352 g/mol. The van der Waals surface area contributed by atoms with Crippen LogP contribution in [0, 0.1) is 0 Å². The lowest BCUT2D eigenvalue weighted by Crippen LogP contribution is -2.40. The Balaban J connectivity index is 1.46. The second kappa shape index (κ2) is 9.39. The minimum atomic E-state index is 0.0714. The van der Waals surface area contributed by atoms with Crippen LogP contribution in [0.15, 0.2) is 54.6 Å². The van der Waals surface area contributed by atoms with Crippen molar-refractivity contribution in [3.05, 3.63) is 54.6 Å². The third kappa shape index (κ3) is 5.33. The zero-order valence-electron chi connectivity index (χ0n) is 15.5. The Bertz CT molecular complexity index is 685. The molecule has 1 saturated heterocycles. The summed E-state index contributed by atoms with van der Waals surface area (Å²) < 4.78 is 5.77. The number of likely N-dealkylation sites (tertiary alicyclic amines) is 1. The molecule has 1 aliphatic heterocycles. The normalized spacial score (nSPS) is 17.7. The average molecular weight is 352 g/mol. The predicted octanol–water partition coefficient (Wildman–Crippen LogP) is 5.07. The van der Waals surface area contributed by atoms with Gasteiger partial charge in [-0.3, -0.25) is 9.69 Å². The minimum absolute atomic E-state index is 0.0714. The van der Waals surface area contributed by atoms with Crippen LogP contribution in [0.1, 0.15) is 39.0 Å². The first-order valence-electron chi connectivity index (χ1n) is 9.61. The van der Waals surface area contributed by atoms with E-state index >= 15 is 0 Å². The van der Waals surface area contributed by atoms with Crippen LogP contribution in [0.2, 0.25) is 0 Å². The van der Waals surface area contributed by atoms with E-state index in [0.717, 1.165) is 30.3 Å². The third-order valence-electron chi connectivity index (χ3n) is 4.96. The number of nitrogens with one attached hydrogen (secondary N) is 1. The van der Waals surface area contributed by atoms with Gasteiger partial charge in [-0.15, -0.1) is 0 Å². The van der Waals surface area contributed by atoms with Crippen LogP contribution in [0.3, 0.4) is 0 Å². The first-order chi connectivity index (χ1) is 12.7. The Morgan fingerprint density at radius 1 is 1.08 bits per heavy atom. The lowest BCUT2D eigenvalue weighted by atomic mass is 10.00. The van der Waals surface area contributed by atoms with Gasteiger partial charge in [0, 0.05) is 24.7 Å². The van der Waals surface area contributed by atoms with E-state index in [0.29, 0.717) is 12.5 Å². The highest BCUT2D eigenvalue weighted by atomic mass is 16.5. The van der Waals surface area contributed by atoms with Crippen LogP contribution in [0.4, 0.5) is 5.69 Å². The van der Waals surface area contributed by atoms with Gasteiger partial charge >= 0.3 is 0 Å². The molecule has 4 heteroatoms. The van der Waals surface area contributed by atoms with E-state index in [9.17, 15) is 4.79 Å². The standard InChI is InChI=1S/C22H28N2O2/c1-2-19-8-6-7-16-24(19)17-15-22(25)23-18-11-13-21(14-12-18)26-20-9-4-3-5-10-20/h3-5,9-14,19H,2,6-8,15-17H2,1H3,(H,23,25). The predicted molar refractivity (Wildman–Crippen MR) is 106 cm³/mol. The van der Waals surface area contributed by atoms with Crippen LogP contribution in [0.25, 0.3) is 0 Å². The number of benzene rings is 2. The number of carbonyl (C=O) groups is 1. The molecule has 0 saturated carbocycles. The molecule has 0 aromatic heterocycles. The molecule has 0 aliphatic carbocycles. The summed E-state index contributed by atoms with van der Waals surface area (Å²) in [5.41, 5.74) is 0.807. The Kier molecular flexibility index (Phi) is 6.67. The summed E-state index contributed by atoms with van der Waals surface area (Å²) in [6, 6.07) is 17.8. The Hall–Kier alpha value is -2.33. The van der Waals surface area contributed by atoms with Crippen molar-refractivity contribution in [2.24, 2.45) is 0 Å². The lowest BCUT2D eigenvalue weighted by Gasteiger charge is -2.35. The molecule has 0 bridgehead atoms. The summed E-state index contributed by atoms with van der Waals surface area (Å²) in [5, 5.41) is 2.98. The number of ether oxygens (including phenoxy) is 1. The summed E-state index contributed by atoms with van der Waals surface area (Å²) in [7, 11) is 0. The Labute approximate surface area is 156 Å². The van der Waals surface area contributed by atoms with Gasteiger partial charge < -0.3 is 10.1 Å². The van der Waals surface area contributed by atoms with Gasteiger partial charge in [0.1, 0.15) is 11.5 Å². The van der Waals surface area contributed by atoms with Gasteiger partial charge in [0.05, 0.1) is 0 Å². The fourth-order valence-corrected chi connectivity index (χ4v) is 3.52. The number of carbonyl (C=O) groups excluding carboxylic acids is 1. The van der Waals surface area contributed by atoms with E-state index in [1.807, 2.05) is 54.6 Å². The number of hydrogen-bond donors (Lipinski definition) is 1. The maximum atomic E-state index is 12.3. The van der Waals surface area contributed by atoms with Crippen molar-refractivity contribution in [3.63, 3.8) is 0 Å². The molecule has 1 amide bonds. The summed E-state index contributed by atoms with van der Waals surface area (Å²) >= 11 is 0. The maximum absolute atomic E-state index is 12.3. The fourth-order valence-electron chi connectivity index (χ4n) is 3.52. The van der Waals surface area contributed by atoms with Gasteiger partial charge in [0.2, 0.25) is 5.91 Å². The largest absolute Gasteiger partial charge is 0.457 e. The number of hydrogen-bond acceptors (Lipinski definition) is 3. The van der Waals surface area contributed by atoms with Crippen molar-refractivity contribution >= 4 is 11.6 Å². The van der Waals surface area contributed by atoms with Gasteiger partial charge in [-0.2, -0.15) is 0 Å². The molecule has 4 nitrogen and oxygen atoms in total. The van der Waals surface area contributed by atoms with Crippen molar-refractivity contribution < 1.29 is 9.53 Å². The lowest BCUT2D eigenvalue weighted by molar-refractivity contribution is -0.116. The first kappa shape index (κ1) is 18.5. The molecule has 2 aromatic rings. The molecule has 138 valence electrons. The van der Waals surface area contributed by atoms with Crippen LogP contribution in [-0.2, 0) is 4.79 Å². The number of piperidine rings is 1. The Morgan fingerprint density at radius 2 is 1.81 bits per heavy atom. The van der Waals surface area contributed by atoms with Crippen LogP contribution >= 0.6 is 0 Å². The highest BCUT2D eigenvalue weighted by Gasteiger charge is 2.20. The molecule has 1 unspecified atom stereocenters. The molecule has 1 N–H and O–H groups in total. The smallest absolute Gasteiger partial charge is 0.225 e. The highest BCUT2D eigenvalue weighted by Crippen LogP contribution is 2.23. The van der Waals surface area contributed by atoms with E-state index in [4.69, 9.17) is 4.74 Å². The van der Waals surface area contributed by atoms with Gasteiger partial charge in [0.15, 0.2) is 0 Å². The summed E-state index contributed by atoms with van der Waals surface area (Å²) in [6.45, 7) is 4.21. The third-order valence-corrected chi connectivity index (χ3v) is 4.96. The maximum Gasteiger partial charge on any atom is 0.225 e. The second-order valence-corrected chi connectivity index (χ2v) is 6.83. The number of anilines is 1. The highest BCUT2D eigenvalue weighted by molar-refractivity contribution is 5.90. The van der Waals surface area contributed by atoms with Gasteiger partial charge in [-0.05, 0) is 62.2 Å². The zero-order chi connectivity index (χ0) is 18.2. The van der Waals surface area contributed by atoms with Crippen molar-refractivity contribution in [1.82, 2.24) is 4.90 Å². The summed E-state index contributed by atoms with van der Waals surface area (Å²) in [4.78, 5) is 14.7. The number of nitrogens with zero attached hydrogens (tertiary/aromatic N) is 1. The molecule has 26 heavy (non-hydrogen) atoms. The van der Waals surface area contributed by atoms with Crippen LogP contribution in [-0.4, -0.2) is 29.9 Å². The minimum Gasteiger partial charge on any atom is -0.457 e. The number of rotatable bonds is 7. The zero-order valence-corrected chi connectivity index (χ0v) is 15.5. The van der Waals surface area contributed by atoms with Gasteiger partial charge in [-0.1, -0.05) is 31.5 Å². The van der Waals surface area contributed by atoms with Crippen LogP contribution < -0.4 is 10.1 Å². The topological polar surface area (TPSA) is 41.6 Å². The van der Waals surface area contributed by atoms with Crippen molar-refractivity contribution in [2.75, 3.05) is 18.4 Å². The summed E-state index contributed by atoms with van der Waals surface area (Å²) in [5.74, 6) is 1.63. The van der Waals surface area contributed by atoms with Crippen LogP contribution in [0.5, 0.6) is 11.5 Å². The molecule has 1 fully saturated rings. The fraction of sp³-hybridized carbons (Fsp3) is 0.409. The number of amides is 1. The molecule has 2 aromatic carbocycles. The van der Waals surface area contributed by atoms with Crippen molar-refractivity contribution in [1.29, 1.82) is 0 Å². The molecule has 1 heterocycles. The molecule has 1 aliphatic rings. The second-order valence-electron chi connectivity index (χ2n) is 6.83. The molecular weight excluding hydrogens is 324 g/mol. The first-order valence-corrected chi connectivity index (χ1v) is 9.61. The van der Waals surface area contributed by atoms with E-state index in [1.54, 1.807) is 0 Å². The Morgan fingerprint density at radius 3 is 2.54 bits per heavy atom. The summed E-state index contributed by atoms with van der Waals surface area (Å²) in [6.07, 6.45) is 5.55. The molecule has 1 atom stereocenters. The molecule has 0 spiro atoms. The SMILES string of the molecule is CCC1CCCCN1CCC(=O)Nc1ccc(Oc2ccccc2)cc1. The van der Waals surface area contributed by atoms with E-state index < -0.39 is 0 Å². The van der Waals surface area contributed by atoms with E-state index in [1.165, 1.54) is 25.7 Å². The quantitative estimate of drug-likeness (QED) is 0.756. The molecular formula is C22H28N2O2. The van der Waals surface area contributed by atoms with E-state index in [-0.39, 0.29) is 5.91 Å². The molecule has 3 rings (SSSR count). The van der Waals surface area contributed by atoms with Crippen molar-refractivity contribution in [3.8, 4) is 11.5 Å². The van der Waals surface area contributed by atoms with Gasteiger partial charge in [-0.25, -0.2) is 0 Å². The number of para-hydroxylation sites is 1. The molecule has 0 radical (unpaired) electrons. The average Bonchev–Trinajstić information content (AvgIpc) is 2.69.